The molecule has 0 aromatic heterocycles. The minimum Gasteiger partial charge on any atom is -0.316 e. The smallest absolute Gasteiger partial charge is 0.111 e. The zero-order valence-electron chi connectivity index (χ0n) is 8.48. The number of rotatable bonds is 3. The van der Waals surface area contributed by atoms with E-state index in [4.69, 9.17) is 0 Å². The molecule has 1 nitrogen and oxygen atoms in total. The van der Waals surface area contributed by atoms with Crippen LogP contribution in [-0.4, -0.2) is 18.8 Å². The summed E-state index contributed by atoms with van der Waals surface area (Å²) in [7, 11) is 0. The maximum absolute atomic E-state index is 14.2. The van der Waals surface area contributed by atoms with Gasteiger partial charge in [-0.05, 0) is 57.5 Å². The van der Waals surface area contributed by atoms with Crippen molar-refractivity contribution in [2.75, 3.05) is 13.1 Å². The predicted molar refractivity (Wildman–Crippen MR) is 52.4 cm³/mol. The van der Waals surface area contributed by atoms with Gasteiger partial charge in [0.05, 0.1) is 0 Å². The highest BCUT2D eigenvalue weighted by molar-refractivity contribution is 4.91. The lowest BCUT2D eigenvalue weighted by Crippen LogP contribution is -2.36. The molecule has 1 N–H and O–H groups in total. The van der Waals surface area contributed by atoms with E-state index in [9.17, 15) is 4.39 Å². The third-order valence-electron chi connectivity index (χ3n) is 3.81. The quantitative estimate of drug-likeness (QED) is 0.712. The molecule has 0 spiro atoms. The minimum atomic E-state index is -0.880. The Bertz CT molecular complexity index is 169. The lowest BCUT2D eigenvalue weighted by atomic mass is 9.71. The second-order valence-electron chi connectivity index (χ2n) is 4.97. The Morgan fingerprint density at radius 2 is 2.15 bits per heavy atom. The van der Waals surface area contributed by atoms with Gasteiger partial charge in [0.15, 0.2) is 0 Å². The first-order chi connectivity index (χ1) is 6.18. The van der Waals surface area contributed by atoms with Gasteiger partial charge < -0.3 is 5.32 Å². The van der Waals surface area contributed by atoms with E-state index in [1.54, 1.807) is 0 Å². The van der Waals surface area contributed by atoms with Crippen molar-refractivity contribution in [1.82, 2.24) is 5.32 Å². The molecule has 0 bridgehead atoms. The Kier molecular flexibility index (Phi) is 2.59. The SMILES string of the molecule is CC(F)(CC1CCNC1)C1CCC1. The Balaban J connectivity index is 1.83. The van der Waals surface area contributed by atoms with Crippen LogP contribution in [0.1, 0.15) is 39.0 Å². The van der Waals surface area contributed by atoms with Crippen molar-refractivity contribution >= 4 is 0 Å². The summed E-state index contributed by atoms with van der Waals surface area (Å²) in [5, 5.41) is 3.30. The normalized spacial score (nSPS) is 34.2. The molecule has 1 aliphatic carbocycles. The summed E-state index contributed by atoms with van der Waals surface area (Å²) in [6, 6.07) is 0. The highest BCUT2D eigenvalue weighted by Crippen LogP contribution is 2.42. The fourth-order valence-corrected chi connectivity index (χ4v) is 2.63. The van der Waals surface area contributed by atoms with E-state index in [0.29, 0.717) is 11.8 Å². The van der Waals surface area contributed by atoms with E-state index in [-0.39, 0.29) is 0 Å². The molecular weight excluding hydrogens is 165 g/mol. The molecule has 0 aromatic carbocycles. The Morgan fingerprint density at radius 1 is 1.38 bits per heavy atom. The first kappa shape index (κ1) is 9.45. The maximum atomic E-state index is 14.2. The van der Waals surface area contributed by atoms with E-state index < -0.39 is 5.67 Å². The average molecular weight is 185 g/mol. The summed E-state index contributed by atoms with van der Waals surface area (Å²) in [5.74, 6) is 0.962. The second-order valence-corrected chi connectivity index (χ2v) is 4.97. The minimum absolute atomic E-state index is 0.369. The van der Waals surface area contributed by atoms with Crippen LogP contribution in [0.15, 0.2) is 0 Å². The van der Waals surface area contributed by atoms with Crippen molar-refractivity contribution in [2.24, 2.45) is 11.8 Å². The molecule has 2 heteroatoms. The zero-order valence-corrected chi connectivity index (χ0v) is 8.48. The largest absolute Gasteiger partial charge is 0.316 e. The highest BCUT2D eigenvalue weighted by Gasteiger charge is 2.39. The predicted octanol–water partition coefficient (Wildman–Crippen LogP) is 2.51. The molecule has 2 atom stereocenters. The number of halogens is 1. The molecule has 0 radical (unpaired) electrons. The topological polar surface area (TPSA) is 12.0 Å². The fourth-order valence-electron chi connectivity index (χ4n) is 2.63. The van der Waals surface area contributed by atoms with E-state index in [1.807, 2.05) is 6.92 Å². The van der Waals surface area contributed by atoms with E-state index in [0.717, 1.165) is 32.4 Å². The van der Waals surface area contributed by atoms with Gasteiger partial charge in [-0.25, -0.2) is 4.39 Å². The van der Waals surface area contributed by atoms with Gasteiger partial charge in [0.1, 0.15) is 5.67 Å². The Hall–Kier alpha value is -0.110. The van der Waals surface area contributed by atoms with Crippen molar-refractivity contribution < 1.29 is 4.39 Å². The molecule has 1 saturated carbocycles. The van der Waals surface area contributed by atoms with Crippen LogP contribution in [0.3, 0.4) is 0 Å². The fraction of sp³-hybridized carbons (Fsp3) is 1.00. The summed E-state index contributed by atoms with van der Waals surface area (Å²) in [4.78, 5) is 0. The van der Waals surface area contributed by atoms with Gasteiger partial charge >= 0.3 is 0 Å². The number of nitrogens with one attached hydrogen (secondary N) is 1. The Morgan fingerprint density at radius 3 is 2.62 bits per heavy atom. The van der Waals surface area contributed by atoms with Crippen LogP contribution < -0.4 is 5.32 Å². The number of hydrogen-bond donors (Lipinski definition) is 1. The van der Waals surface area contributed by atoms with Crippen LogP contribution in [0.25, 0.3) is 0 Å². The van der Waals surface area contributed by atoms with Crippen molar-refractivity contribution in [3.63, 3.8) is 0 Å². The summed E-state index contributed by atoms with van der Waals surface area (Å²) < 4.78 is 14.2. The number of alkyl halides is 1. The standard InChI is InChI=1S/C11H20FN/c1-11(12,10-3-2-4-10)7-9-5-6-13-8-9/h9-10,13H,2-8H2,1H3. The molecule has 2 fully saturated rings. The number of hydrogen-bond acceptors (Lipinski definition) is 1. The summed E-state index contributed by atoms with van der Waals surface area (Å²) in [6.07, 6.45) is 5.43. The molecular formula is C11H20FN. The second kappa shape index (κ2) is 3.56. The highest BCUT2D eigenvalue weighted by atomic mass is 19.1. The van der Waals surface area contributed by atoms with Crippen molar-refractivity contribution in [1.29, 1.82) is 0 Å². The molecule has 2 aliphatic rings. The molecule has 1 saturated heterocycles. The third-order valence-corrected chi connectivity index (χ3v) is 3.81. The van der Waals surface area contributed by atoms with Gasteiger partial charge in [-0.2, -0.15) is 0 Å². The van der Waals surface area contributed by atoms with Crippen LogP contribution in [0.4, 0.5) is 4.39 Å². The van der Waals surface area contributed by atoms with Crippen molar-refractivity contribution in [3.8, 4) is 0 Å². The molecule has 1 aliphatic heterocycles. The molecule has 1 heterocycles. The summed E-state index contributed by atoms with van der Waals surface area (Å²) >= 11 is 0. The van der Waals surface area contributed by atoms with Gasteiger partial charge in [0.25, 0.3) is 0 Å². The molecule has 0 amide bonds. The first-order valence-electron chi connectivity index (χ1n) is 5.58. The van der Waals surface area contributed by atoms with Crippen LogP contribution in [0.5, 0.6) is 0 Å². The molecule has 2 rings (SSSR count). The molecule has 0 aromatic rings. The van der Waals surface area contributed by atoms with E-state index >= 15 is 0 Å². The molecule has 2 unspecified atom stereocenters. The Labute approximate surface area is 80.1 Å². The maximum Gasteiger partial charge on any atom is 0.111 e. The van der Waals surface area contributed by atoms with Crippen LogP contribution in [0.2, 0.25) is 0 Å². The lowest BCUT2D eigenvalue weighted by Gasteiger charge is -2.38. The van der Waals surface area contributed by atoms with Crippen LogP contribution >= 0.6 is 0 Å². The van der Waals surface area contributed by atoms with Crippen molar-refractivity contribution in [3.05, 3.63) is 0 Å². The monoisotopic (exact) mass is 185 g/mol. The van der Waals surface area contributed by atoms with Gasteiger partial charge in [0.2, 0.25) is 0 Å². The van der Waals surface area contributed by atoms with Crippen LogP contribution in [0, 0.1) is 11.8 Å². The van der Waals surface area contributed by atoms with E-state index in [2.05, 4.69) is 5.32 Å². The first-order valence-corrected chi connectivity index (χ1v) is 5.58. The summed E-state index contributed by atoms with van der Waals surface area (Å²) in [6.45, 7) is 3.94. The van der Waals surface area contributed by atoms with E-state index in [1.165, 1.54) is 12.8 Å². The van der Waals surface area contributed by atoms with Gasteiger partial charge in [-0.3, -0.25) is 0 Å². The molecule has 13 heavy (non-hydrogen) atoms. The van der Waals surface area contributed by atoms with Gasteiger partial charge in [0, 0.05) is 0 Å². The zero-order chi connectivity index (χ0) is 9.31. The third kappa shape index (κ3) is 2.04. The van der Waals surface area contributed by atoms with Gasteiger partial charge in [-0.1, -0.05) is 6.42 Å². The lowest BCUT2D eigenvalue weighted by molar-refractivity contribution is 0.0282. The average Bonchev–Trinajstić information content (AvgIpc) is 2.32. The summed E-state index contributed by atoms with van der Waals surface area (Å²) in [5.41, 5.74) is -0.880. The van der Waals surface area contributed by atoms with Crippen LogP contribution in [-0.2, 0) is 0 Å². The molecule has 76 valence electrons. The van der Waals surface area contributed by atoms with Crippen molar-refractivity contribution in [2.45, 2.75) is 44.7 Å². The van der Waals surface area contributed by atoms with Gasteiger partial charge in [-0.15, -0.1) is 0 Å².